The van der Waals surface area contributed by atoms with Crippen molar-refractivity contribution in [3.63, 3.8) is 0 Å². The standard InChI is InChI=1S/C11H17BrN2O2S/c1-3-4-7-17(15,16)14(2)11-6-5-9(12)8-10(11)13/h5-6,8H,3-4,7,13H2,1-2H3. The van der Waals surface area contributed by atoms with Crippen molar-refractivity contribution in [2.75, 3.05) is 22.8 Å². The highest BCUT2D eigenvalue weighted by Crippen LogP contribution is 2.27. The zero-order valence-corrected chi connectivity index (χ0v) is 12.4. The zero-order chi connectivity index (χ0) is 13.1. The number of anilines is 2. The van der Waals surface area contributed by atoms with Crippen molar-refractivity contribution in [3.8, 4) is 0 Å². The smallest absolute Gasteiger partial charge is 0.234 e. The molecular weight excluding hydrogens is 304 g/mol. The average molecular weight is 321 g/mol. The van der Waals surface area contributed by atoms with E-state index in [1.54, 1.807) is 18.2 Å². The predicted molar refractivity (Wildman–Crippen MR) is 75.7 cm³/mol. The molecule has 0 amide bonds. The molecular formula is C11H17BrN2O2S. The molecule has 0 aliphatic heterocycles. The summed E-state index contributed by atoms with van der Waals surface area (Å²) in [6.45, 7) is 1.96. The quantitative estimate of drug-likeness (QED) is 0.848. The van der Waals surface area contributed by atoms with Crippen molar-refractivity contribution >= 4 is 37.3 Å². The van der Waals surface area contributed by atoms with E-state index in [1.807, 2.05) is 6.92 Å². The minimum atomic E-state index is -3.27. The Hall–Kier alpha value is -0.750. The van der Waals surface area contributed by atoms with E-state index in [9.17, 15) is 8.42 Å². The highest BCUT2D eigenvalue weighted by atomic mass is 79.9. The number of rotatable bonds is 5. The topological polar surface area (TPSA) is 63.4 Å². The third-order valence-electron chi connectivity index (χ3n) is 2.50. The fourth-order valence-corrected chi connectivity index (χ4v) is 3.20. The SMILES string of the molecule is CCCCS(=O)(=O)N(C)c1ccc(Br)cc1N. The summed E-state index contributed by atoms with van der Waals surface area (Å²) in [5.74, 6) is 0.148. The van der Waals surface area contributed by atoms with Gasteiger partial charge >= 0.3 is 0 Å². The first-order valence-corrected chi connectivity index (χ1v) is 7.80. The molecule has 1 aromatic carbocycles. The van der Waals surface area contributed by atoms with Gasteiger partial charge in [0.1, 0.15) is 0 Å². The number of nitrogens with two attached hydrogens (primary N) is 1. The van der Waals surface area contributed by atoms with Gasteiger partial charge in [0.25, 0.3) is 0 Å². The van der Waals surface area contributed by atoms with Crippen LogP contribution in [0.2, 0.25) is 0 Å². The molecule has 0 aromatic heterocycles. The summed E-state index contributed by atoms with van der Waals surface area (Å²) >= 11 is 3.29. The number of benzene rings is 1. The molecule has 96 valence electrons. The van der Waals surface area contributed by atoms with Crippen LogP contribution in [0.1, 0.15) is 19.8 Å². The number of hydrogen-bond donors (Lipinski definition) is 1. The monoisotopic (exact) mass is 320 g/mol. The van der Waals surface area contributed by atoms with Gasteiger partial charge in [-0.25, -0.2) is 8.42 Å². The summed E-state index contributed by atoms with van der Waals surface area (Å²) in [7, 11) is -1.74. The second kappa shape index (κ2) is 5.73. The van der Waals surface area contributed by atoms with Crippen LogP contribution in [0.4, 0.5) is 11.4 Å². The Morgan fingerprint density at radius 1 is 1.41 bits per heavy atom. The number of nitrogen functional groups attached to an aromatic ring is 1. The third kappa shape index (κ3) is 3.61. The van der Waals surface area contributed by atoms with Gasteiger partial charge in [0.05, 0.1) is 17.1 Å². The Kier molecular flexibility index (Phi) is 4.82. The molecule has 4 nitrogen and oxygen atoms in total. The molecule has 1 aromatic rings. The van der Waals surface area contributed by atoms with Gasteiger partial charge in [0, 0.05) is 11.5 Å². The molecule has 0 atom stereocenters. The predicted octanol–water partition coefficient (Wildman–Crippen LogP) is 2.60. The van der Waals surface area contributed by atoms with E-state index in [0.29, 0.717) is 17.8 Å². The largest absolute Gasteiger partial charge is 0.397 e. The minimum absolute atomic E-state index is 0.148. The Bertz CT molecular complexity index is 488. The average Bonchev–Trinajstić information content (AvgIpc) is 2.25. The van der Waals surface area contributed by atoms with Crippen LogP contribution in [-0.4, -0.2) is 21.2 Å². The number of sulfonamides is 1. The summed E-state index contributed by atoms with van der Waals surface area (Å²) in [6, 6.07) is 5.17. The number of halogens is 1. The Labute approximate surface area is 111 Å². The molecule has 0 aliphatic rings. The van der Waals surface area contributed by atoms with Crippen LogP contribution in [0, 0.1) is 0 Å². The van der Waals surface area contributed by atoms with Gasteiger partial charge < -0.3 is 5.73 Å². The molecule has 0 spiro atoms. The molecule has 0 unspecified atom stereocenters. The first kappa shape index (κ1) is 14.3. The van der Waals surface area contributed by atoms with Crippen molar-refractivity contribution in [2.45, 2.75) is 19.8 Å². The number of hydrogen-bond acceptors (Lipinski definition) is 3. The summed E-state index contributed by atoms with van der Waals surface area (Å²) in [4.78, 5) is 0. The molecule has 0 saturated carbocycles. The van der Waals surface area contributed by atoms with Crippen molar-refractivity contribution < 1.29 is 8.42 Å². The van der Waals surface area contributed by atoms with Crippen molar-refractivity contribution in [3.05, 3.63) is 22.7 Å². The number of unbranched alkanes of at least 4 members (excludes halogenated alkanes) is 1. The highest BCUT2D eigenvalue weighted by molar-refractivity contribution is 9.10. The second-order valence-corrected chi connectivity index (χ2v) is 6.88. The van der Waals surface area contributed by atoms with Crippen LogP contribution >= 0.6 is 15.9 Å². The van der Waals surface area contributed by atoms with E-state index in [2.05, 4.69) is 15.9 Å². The van der Waals surface area contributed by atoms with E-state index < -0.39 is 10.0 Å². The normalized spacial score (nSPS) is 11.5. The fourth-order valence-electron chi connectivity index (χ4n) is 1.43. The maximum atomic E-state index is 12.0. The molecule has 0 bridgehead atoms. The van der Waals surface area contributed by atoms with E-state index in [0.717, 1.165) is 10.9 Å². The van der Waals surface area contributed by atoms with Gasteiger partial charge in [-0.05, 0) is 24.6 Å². The molecule has 2 N–H and O–H groups in total. The van der Waals surface area contributed by atoms with Crippen molar-refractivity contribution in [2.24, 2.45) is 0 Å². The van der Waals surface area contributed by atoms with Crippen LogP contribution < -0.4 is 10.0 Å². The van der Waals surface area contributed by atoms with Crippen molar-refractivity contribution in [1.82, 2.24) is 0 Å². The lowest BCUT2D eigenvalue weighted by Crippen LogP contribution is -2.29. The van der Waals surface area contributed by atoms with Gasteiger partial charge in [0.2, 0.25) is 10.0 Å². The lowest BCUT2D eigenvalue weighted by molar-refractivity contribution is 0.591. The van der Waals surface area contributed by atoms with Gasteiger partial charge in [0.15, 0.2) is 0 Å². The van der Waals surface area contributed by atoms with Gasteiger partial charge in [-0.15, -0.1) is 0 Å². The zero-order valence-electron chi connectivity index (χ0n) is 9.98. The third-order valence-corrected chi connectivity index (χ3v) is 4.83. The fraction of sp³-hybridized carbons (Fsp3) is 0.455. The van der Waals surface area contributed by atoms with Gasteiger partial charge in [-0.1, -0.05) is 29.3 Å². The van der Waals surface area contributed by atoms with Gasteiger partial charge in [-0.3, -0.25) is 4.31 Å². The Balaban J connectivity index is 2.99. The summed E-state index contributed by atoms with van der Waals surface area (Å²) in [5.41, 5.74) is 6.78. The Morgan fingerprint density at radius 3 is 2.59 bits per heavy atom. The first-order chi connectivity index (χ1) is 7.88. The Morgan fingerprint density at radius 2 is 2.06 bits per heavy atom. The molecule has 0 radical (unpaired) electrons. The maximum Gasteiger partial charge on any atom is 0.234 e. The van der Waals surface area contributed by atoms with Crippen LogP contribution in [0.3, 0.4) is 0 Å². The molecule has 0 aliphatic carbocycles. The maximum absolute atomic E-state index is 12.0. The van der Waals surface area contributed by atoms with E-state index in [-0.39, 0.29) is 5.75 Å². The summed E-state index contributed by atoms with van der Waals surface area (Å²) in [6.07, 6.45) is 1.51. The molecule has 0 fully saturated rings. The molecule has 0 heterocycles. The lowest BCUT2D eigenvalue weighted by atomic mass is 10.3. The lowest BCUT2D eigenvalue weighted by Gasteiger charge is -2.21. The van der Waals surface area contributed by atoms with E-state index in [4.69, 9.17) is 5.73 Å². The minimum Gasteiger partial charge on any atom is -0.397 e. The van der Waals surface area contributed by atoms with E-state index >= 15 is 0 Å². The molecule has 6 heteroatoms. The summed E-state index contributed by atoms with van der Waals surface area (Å²) in [5, 5.41) is 0. The van der Waals surface area contributed by atoms with Gasteiger partial charge in [-0.2, -0.15) is 0 Å². The molecule has 17 heavy (non-hydrogen) atoms. The van der Waals surface area contributed by atoms with Crippen LogP contribution in [0.25, 0.3) is 0 Å². The summed E-state index contributed by atoms with van der Waals surface area (Å²) < 4.78 is 26.1. The molecule has 0 saturated heterocycles. The molecule has 1 rings (SSSR count). The van der Waals surface area contributed by atoms with Crippen LogP contribution in [0.15, 0.2) is 22.7 Å². The van der Waals surface area contributed by atoms with Crippen LogP contribution in [-0.2, 0) is 10.0 Å². The first-order valence-electron chi connectivity index (χ1n) is 5.40. The second-order valence-electron chi connectivity index (χ2n) is 3.84. The van der Waals surface area contributed by atoms with Crippen molar-refractivity contribution in [1.29, 1.82) is 0 Å². The highest BCUT2D eigenvalue weighted by Gasteiger charge is 2.19. The van der Waals surface area contributed by atoms with E-state index in [1.165, 1.54) is 11.4 Å². The number of nitrogens with zero attached hydrogens (tertiary/aromatic N) is 1. The van der Waals surface area contributed by atoms with Crippen LogP contribution in [0.5, 0.6) is 0 Å².